The first-order valence-electron chi connectivity index (χ1n) is 5.45. The van der Waals surface area contributed by atoms with Gasteiger partial charge in [0.15, 0.2) is 0 Å². The Bertz CT molecular complexity index is 117. The van der Waals surface area contributed by atoms with Crippen molar-refractivity contribution in [2.24, 2.45) is 0 Å². The first-order chi connectivity index (χ1) is 6.26. The number of unbranched alkanes of at least 4 members (excludes halogenated alkanes) is 2. The highest BCUT2D eigenvalue weighted by Gasteiger charge is 2.10. The summed E-state index contributed by atoms with van der Waals surface area (Å²) in [5.74, 6) is 0. The minimum Gasteiger partial charge on any atom is -0.302 e. The van der Waals surface area contributed by atoms with Crippen LogP contribution in [0.1, 0.15) is 46.5 Å². The van der Waals surface area contributed by atoms with E-state index in [0.29, 0.717) is 0 Å². The molecule has 13 heavy (non-hydrogen) atoms. The van der Waals surface area contributed by atoms with Gasteiger partial charge in [0.25, 0.3) is 0 Å². The summed E-state index contributed by atoms with van der Waals surface area (Å²) in [7, 11) is 0. The van der Waals surface area contributed by atoms with Crippen molar-refractivity contribution in [3.63, 3.8) is 0 Å². The van der Waals surface area contributed by atoms with Crippen LogP contribution in [0, 0.1) is 0 Å². The van der Waals surface area contributed by atoms with Crippen molar-refractivity contribution < 1.29 is 4.79 Å². The molecule has 0 aromatic heterocycles. The topological polar surface area (TPSA) is 20.3 Å². The Morgan fingerprint density at radius 3 is 1.92 bits per heavy atom. The molecule has 0 spiro atoms. The van der Waals surface area contributed by atoms with E-state index in [0.717, 1.165) is 19.4 Å². The highest BCUT2D eigenvalue weighted by Crippen LogP contribution is 2.02. The second-order valence-corrected chi connectivity index (χ2v) is 3.62. The van der Waals surface area contributed by atoms with E-state index in [1.54, 1.807) is 0 Å². The fourth-order valence-electron chi connectivity index (χ4n) is 1.33. The van der Waals surface area contributed by atoms with Gasteiger partial charge in [0, 0.05) is 0 Å². The van der Waals surface area contributed by atoms with Crippen LogP contribution in [-0.2, 0) is 4.79 Å². The molecule has 0 aliphatic carbocycles. The standard InChI is InChI=1S/C11H23NO/c1-4-6-8-12(9-7-5-2)11(3)10-13/h10-11H,4-9H2,1-3H3. The highest BCUT2D eigenvalue weighted by molar-refractivity contribution is 5.56. The van der Waals surface area contributed by atoms with Gasteiger partial charge in [0.2, 0.25) is 0 Å². The van der Waals surface area contributed by atoms with Gasteiger partial charge in [0.05, 0.1) is 6.04 Å². The molecule has 78 valence electrons. The van der Waals surface area contributed by atoms with Gasteiger partial charge in [-0.25, -0.2) is 0 Å². The number of aldehydes is 1. The molecule has 0 radical (unpaired) electrons. The molecular formula is C11H23NO. The largest absolute Gasteiger partial charge is 0.302 e. The highest BCUT2D eigenvalue weighted by atomic mass is 16.1. The molecular weight excluding hydrogens is 162 g/mol. The summed E-state index contributed by atoms with van der Waals surface area (Å²) in [6.45, 7) is 8.48. The van der Waals surface area contributed by atoms with Gasteiger partial charge in [-0.2, -0.15) is 0 Å². The van der Waals surface area contributed by atoms with Gasteiger partial charge in [-0.1, -0.05) is 26.7 Å². The van der Waals surface area contributed by atoms with Crippen molar-refractivity contribution in [1.29, 1.82) is 0 Å². The summed E-state index contributed by atoms with van der Waals surface area (Å²) in [5.41, 5.74) is 0. The van der Waals surface area contributed by atoms with Gasteiger partial charge >= 0.3 is 0 Å². The Morgan fingerprint density at radius 2 is 1.62 bits per heavy atom. The number of rotatable bonds is 8. The lowest BCUT2D eigenvalue weighted by molar-refractivity contribution is -0.112. The van der Waals surface area contributed by atoms with Crippen molar-refractivity contribution in [3.05, 3.63) is 0 Å². The van der Waals surface area contributed by atoms with Crippen molar-refractivity contribution in [2.45, 2.75) is 52.5 Å². The summed E-state index contributed by atoms with van der Waals surface area (Å²) < 4.78 is 0. The molecule has 0 saturated carbocycles. The minimum absolute atomic E-state index is 0.0955. The SMILES string of the molecule is CCCCN(CCCC)C(C)C=O. The van der Waals surface area contributed by atoms with Crippen molar-refractivity contribution >= 4 is 6.29 Å². The van der Waals surface area contributed by atoms with E-state index < -0.39 is 0 Å². The Morgan fingerprint density at radius 1 is 1.15 bits per heavy atom. The number of carbonyl (C=O) groups is 1. The second kappa shape index (κ2) is 8.24. The molecule has 1 unspecified atom stereocenters. The Labute approximate surface area is 82.3 Å². The van der Waals surface area contributed by atoms with Gasteiger partial charge in [-0.3, -0.25) is 4.90 Å². The number of carbonyl (C=O) groups excluding carboxylic acids is 1. The van der Waals surface area contributed by atoms with E-state index in [2.05, 4.69) is 18.7 Å². The van der Waals surface area contributed by atoms with E-state index in [1.165, 1.54) is 25.7 Å². The molecule has 2 heteroatoms. The Balaban J connectivity index is 3.79. The third-order valence-electron chi connectivity index (χ3n) is 2.37. The van der Waals surface area contributed by atoms with Crippen molar-refractivity contribution in [3.8, 4) is 0 Å². The van der Waals surface area contributed by atoms with Gasteiger partial charge in [-0.15, -0.1) is 0 Å². The molecule has 0 aromatic rings. The van der Waals surface area contributed by atoms with E-state index in [4.69, 9.17) is 0 Å². The molecule has 0 saturated heterocycles. The predicted molar refractivity (Wildman–Crippen MR) is 56.9 cm³/mol. The van der Waals surface area contributed by atoms with Crippen LogP contribution in [0.25, 0.3) is 0 Å². The Kier molecular flexibility index (Phi) is 8.00. The van der Waals surface area contributed by atoms with Crippen LogP contribution in [-0.4, -0.2) is 30.3 Å². The first-order valence-corrected chi connectivity index (χ1v) is 5.45. The zero-order valence-electron chi connectivity index (χ0n) is 9.25. The maximum absolute atomic E-state index is 10.6. The molecule has 0 N–H and O–H groups in total. The van der Waals surface area contributed by atoms with Crippen LogP contribution in [0.15, 0.2) is 0 Å². The lowest BCUT2D eigenvalue weighted by Gasteiger charge is -2.24. The molecule has 0 fully saturated rings. The maximum atomic E-state index is 10.6. The smallest absolute Gasteiger partial charge is 0.136 e. The lowest BCUT2D eigenvalue weighted by atomic mass is 10.2. The molecule has 0 aliphatic rings. The fraction of sp³-hybridized carbons (Fsp3) is 0.909. The van der Waals surface area contributed by atoms with Gasteiger partial charge in [-0.05, 0) is 32.9 Å². The summed E-state index contributed by atoms with van der Waals surface area (Å²) in [6.07, 6.45) is 5.84. The van der Waals surface area contributed by atoms with Crippen LogP contribution < -0.4 is 0 Å². The molecule has 0 amide bonds. The average Bonchev–Trinajstić information content (AvgIpc) is 2.17. The second-order valence-electron chi connectivity index (χ2n) is 3.62. The molecule has 0 aliphatic heterocycles. The van der Waals surface area contributed by atoms with E-state index in [-0.39, 0.29) is 6.04 Å². The zero-order valence-corrected chi connectivity index (χ0v) is 9.25. The quantitative estimate of drug-likeness (QED) is 0.541. The number of nitrogens with zero attached hydrogens (tertiary/aromatic N) is 1. The first kappa shape index (κ1) is 12.6. The van der Waals surface area contributed by atoms with Crippen molar-refractivity contribution in [1.82, 2.24) is 4.90 Å². The predicted octanol–water partition coefficient (Wildman–Crippen LogP) is 2.48. The Hall–Kier alpha value is -0.370. The van der Waals surface area contributed by atoms with Gasteiger partial charge < -0.3 is 4.79 Å². The van der Waals surface area contributed by atoms with E-state index in [9.17, 15) is 4.79 Å². The third-order valence-corrected chi connectivity index (χ3v) is 2.37. The molecule has 0 heterocycles. The molecule has 0 bridgehead atoms. The summed E-state index contributed by atoms with van der Waals surface area (Å²) in [4.78, 5) is 12.9. The van der Waals surface area contributed by atoms with Crippen LogP contribution in [0.2, 0.25) is 0 Å². The van der Waals surface area contributed by atoms with Crippen LogP contribution in [0.4, 0.5) is 0 Å². The van der Waals surface area contributed by atoms with Crippen LogP contribution >= 0.6 is 0 Å². The fourth-order valence-corrected chi connectivity index (χ4v) is 1.33. The number of hydrogen-bond donors (Lipinski definition) is 0. The maximum Gasteiger partial charge on any atom is 0.136 e. The molecule has 0 rings (SSSR count). The van der Waals surface area contributed by atoms with E-state index in [1.807, 2.05) is 6.92 Å². The van der Waals surface area contributed by atoms with Crippen molar-refractivity contribution in [2.75, 3.05) is 13.1 Å². The summed E-state index contributed by atoms with van der Waals surface area (Å²) in [5, 5.41) is 0. The summed E-state index contributed by atoms with van der Waals surface area (Å²) >= 11 is 0. The lowest BCUT2D eigenvalue weighted by Crippen LogP contribution is -2.35. The molecule has 0 aromatic carbocycles. The summed E-state index contributed by atoms with van der Waals surface area (Å²) in [6, 6.07) is 0.0955. The zero-order chi connectivity index (χ0) is 10.1. The molecule has 1 atom stereocenters. The molecule has 2 nitrogen and oxygen atoms in total. The monoisotopic (exact) mass is 185 g/mol. The minimum atomic E-state index is 0.0955. The van der Waals surface area contributed by atoms with Crippen LogP contribution in [0.5, 0.6) is 0 Å². The normalized spacial score (nSPS) is 13.2. The van der Waals surface area contributed by atoms with Crippen LogP contribution in [0.3, 0.4) is 0 Å². The van der Waals surface area contributed by atoms with Gasteiger partial charge in [0.1, 0.15) is 6.29 Å². The number of hydrogen-bond acceptors (Lipinski definition) is 2. The van der Waals surface area contributed by atoms with E-state index >= 15 is 0 Å². The third kappa shape index (κ3) is 5.81. The average molecular weight is 185 g/mol.